The number of aromatic nitrogens is 4. The van der Waals surface area contributed by atoms with Gasteiger partial charge in [0.1, 0.15) is 23.0 Å². The second-order valence-corrected chi connectivity index (χ2v) is 8.85. The van der Waals surface area contributed by atoms with Crippen LogP contribution in [0.4, 0.5) is 0 Å². The summed E-state index contributed by atoms with van der Waals surface area (Å²) in [7, 11) is -0.639. The first-order valence-corrected chi connectivity index (χ1v) is 11.6. The molecule has 2 aromatic carbocycles. The Morgan fingerprint density at radius 2 is 1.85 bits per heavy atom. The summed E-state index contributed by atoms with van der Waals surface area (Å²) in [6.45, 7) is 0.0636. The molecule has 4 aromatic rings. The summed E-state index contributed by atoms with van der Waals surface area (Å²) in [5, 5.41) is 12.9. The highest BCUT2D eigenvalue weighted by Gasteiger charge is 2.18. The molecule has 172 valence electrons. The molecule has 2 aromatic heterocycles. The van der Waals surface area contributed by atoms with E-state index in [1.165, 1.54) is 16.6 Å². The van der Waals surface area contributed by atoms with Crippen LogP contribution in [0, 0.1) is 0 Å². The number of nitrogens with one attached hydrogen (secondary N) is 1. The monoisotopic (exact) mass is 489 g/mol. The van der Waals surface area contributed by atoms with Gasteiger partial charge in [-0.3, -0.25) is 0 Å². The lowest BCUT2D eigenvalue weighted by atomic mass is 10.2. The van der Waals surface area contributed by atoms with Gasteiger partial charge < -0.3 is 14.2 Å². The lowest BCUT2D eigenvalue weighted by Crippen LogP contribution is -2.28. The normalized spacial score (nSPS) is 11.5. The lowest BCUT2D eigenvalue weighted by molar-refractivity contribution is 0.306. The first-order chi connectivity index (χ1) is 15.9. The van der Waals surface area contributed by atoms with E-state index in [0.29, 0.717) is 28.5 Å². The Bertz CT molecular complexity index is 1390. The van der Waals surface area contributed by atoms with Crippen LogP contribution >= 0.6 is 11.6 Å². The summed E-state index contributed by atoms with van der Waals surface area (Å²) in [4.78, 5) is 0.00702. The first kappa shape index (κ1) is 22.8. The molecule has 0 aliphatic rings. The van der Waals surface area contributed by atoms with E-state index in [1.54, 1.807) is 56.7 Å². The van der Waals surface area contributed by atoms with Gasteiger partial charge in [0.15, 0.2) is 11.5 Å². The number of nitrogens with zero attached hydrogens (tertiary/aromatic N) is 4. The Morgan fingerprint density at radius 1 is 1.03 bits per heavy atom. The van der Waals surface area contributed by atoms with Crippen LogP contribution in [0.3, 0.4) is 0 Å². The molecule has 33 heavy (non-hydrogen) atoms. The van der Waals surface area contributed by atoms with E-state index in [1.807, 2.05) is 0 Å². The molecule has 0 bridgehead atoms. The van der Waals surface area contributed by atoms with Crippen molar-refractivity contribution in [2.75, 3.05) is 27.4 Å². The van der Waals surface area contributed by atoms with Crippen LogP contribution in [0.5, 0.6) is 17.4 Å². The molecule has 0 aliphatic carbocycles. The molecule has 0 amide bonds. The third-order valence-electron chi connectivity index (χ3n) is 4.66. The summed E-state index contributed by atoms with van der Waals surface area (Å²) in [6.07, 6.45) is 0. The van der Waals surface area contributed by atoms with Gasteiger partial charge in [0.2, 0.25) is 15.9 Å². The van der Waals surface area contributed by atoms with Crippen molar-refractivity contribution in [3.05, 3.63) is 59.6 Å². The average Bonchev–Trinajstić information content (AvgIpc) is 3.24. The van der Waals surface area contributed by atoms with Crippen LogP contribution in [-0.4, -0.2) is 55.6 Å². The molecule has 12 heteroatoms. The zero-order chi connectivity index (χ0) is 23.4. The highest BCUT2D eigenvalue weighted by atomic mass is 35.5. The number of hydrogen-bond donors (Lipinski definition) is 1. The topological polar surface area (TPSA) is 117 Å². The molecule has 0 atom stereocenters. The predicted octanol–water partition coefficient (Wildman–Crippen LogP) is 2.82. The quantitative estimate of drug-likeness (QED) is 0.357. The van der Waals surface area contributed by atoms with Gasteiger partial charge in [-0.05, 0) is 36.4 Å². The molecular formula is C21H20ClN5O5S. The van der Waals surface area contributed by atoms with Gasteiger partial charge in [-0.15, -0.1) is 15.3 Å². The van der Waals surface area contributed by atoms with Crippen molar-refractivity contribution in [1.82, 2.24) is 24.5 Å². The maximum atomic E-state index is 12.4. The summed E-state index contributed by atoms with van der Waals surface area (Å²) in [5.41, 5.74) is 1.14. The predicted molar refractivity (Wildman–Crippen MR) is 121 cm³/mol. The maximum absolute atomic E-state index is 12.4. The van der Waals surface area contributed by atoms with Crippen molar-refractivity contribution in [2.45, 2.75) is 4.90 Å². The number of rotatable bonds is 9. The maximum Gasteiger partial charge on any atom is 0.242 e. The van der Waals surface area contributed by atoms with Gasteiger partial charge in [-0.2, -0.15) is 4.52 Å². The number of hydrogen-bond acceptors (Lipinski definition) is 8. The fraction of sp³-hybridized carbons (Fsp3) is 0.190. The summed E-state index contributed by atoms with van der Waals surface area (Å²) < 4.78 is 45.2. The lowest BCUT2D eigenvalue weighted by Gasteiger charge is -2.10. The number of halogens is 1. The Morgan fingerprint density at radius 3 is 2.61 bits per heavy atom. The number of ether oxygens (including phenoxy) is 3. The number of fused-ring (bicyclic) bond motifs is 1. The minimum absolute atomic E-state index is 0.00702. The molecule has 10 nitrogen and oxygen atoms in total. The molecule has 4 rings (SSSR count). The van der Waals surface area contributed by atoms with Gasteiger partial charge in [-0.1, -0.05) is 23.7 Å². The van der Waals surface area contributed by atoms with Crippen LogP contribution in [-0.2, 0) is 10.0 Å². The van der Waals surface area contributed by atoms with Crippen molar-refractivity contribution >= 4 is 27.3 Å². The molecule has 0 unspecified atom stereocenters. The van der Waals surface area contributed by atoms with E-state index in [4.69, 9.17) is 25.8 Å². The third kappa shape index (κ3) is 4.85. The van der Waals surface area contributed by atoms with Crippen molar-refractivity contribution < 1.29 is 22.6 Å². The van der Waals surface area contributed by atoms with Gasteiger partial charge in [-0.25, -0.2) is 13.1 Å². The largest absolute Gasteiger partial charge is 0.497 e. The Balaban J connectivity index is 1.50. The highest BCUT2D eigenvalue weighted by molar-refractivity contribution is 7.89. The smallest absolute Gasteiger partial charge is 0.242 e. The van der Waals surface area contributed by atoms with Crippen LogP contribution < -0.4 is 18.9 Å². The molecule has 0 radical (unpaired) electrons. The van der Waals surface area contributed by atoms with E-state index in [9.17, 15) is 8.42 Å². The summed E-state index contributed by atoms with van der Waals surface area (Å²) >= 11 is 5.98. The number of sulfonamides is 1. The van der Waals surface area contributed by atoms with Crippen molar-refractivity contribution in [2.24, 2.45) is 0 Å². The van der Waals surface area contributed by atoms with E-state index in [-0.39, 0.29) is 28.9 Å². The third-order valence-corrected chi connectivity index (χ3v) is 6.62. The van der Waals surface area contributed by atoms with Gasteiger partial charge in [0.05, 0.1) is 24.8 Å². The Labute approximate surface area is 195 Å². The molecule has 1 N–H and O–H groups in total. The Kier molecular flexibility index (Phi) is 6.63. The van der Waals surface area contributed by atoms with Gasteiger partial charge in [0.25, 0.3) is 0 Å². The molecule has 0 fully saturated rings. The first-order valence-electron chi connectivity index (χ1n) is 9.75. The summed E-state index contributed by atoms with van der Waals surface area (Å²) in [5.74, 6) is 1.90. The molecule has 2 heterocycles. The van der Waals surface area contributed by atoms with Crippen LogP contribution in [0.25, 0.3) is 17.0 Å². The average molecular weight is 490 g/mol. The van der Waals surface area contributed by atoms with E-state index < -0.39 is 10.0 Å². The van der Waals surface area contributed by atoms with Gasteiger partial charge >= 0.3 is 0 Å². The summed E-state index contributed by atoms with van der Waals surface area (Å²) in [6, 6.07) is 14.8. The number of benzene rings is 2. The molecule has 0 saturated heterocycles. The SMILES string of the molecule is COc1ccc(OC)c(-c2nnc3ccc(OCCNS(=O)(=O)c4ccccc4Cl)nn23)c1. The van der Waals surface area contributed by atoms with Crippen LogP contribution in [0.2, 0.25) is 5.02 Å². The second-order valence-electron chi connectivity index (χ2n) is 6.71. The fourth-order valence-corrected chi connectivity index (χ4v) is 4.61. The fourth-order valence-electron chi connectivity index (χ4n) is 3.08. The number of methoxy groups -OCH3 is 2. The van der Waals surface area contributed by atoms with Crippen LogP contribution in [0.15, 0.2) is 59.5 Å². The standard InChI is InChI=1S/C21H20ClN5O5S/c1-30-14-7-8-17(31-2)15(13-14)21-25-24-19-9-10-20(26-27(19)21)32-12-11-23-33(28,29)18-6-4-3-5-16(18)22/h3-10,13,23H,11-12H2,1-2H3. The Hall–Kier alpha value is -3.41. The van der Waals surface area contributed by atoms with Gasteiger partial charge in [0, 0.05) is 12.6 Å². The zero-order valence-electron chi connectivity index (χ0n) is 17.7. The van der Waals surface area contributed by atoms with Crippen molar-refractivity contribution in [3.8, 4) is 28.8 Å². The molecule has 0 spiro atoms. The van der Waals surface area contributed by atoms with E-state index >= 15 is 0 Å². The van der Waals surface area contributed by atoms with Crippen molar-refractivity contribution in [3.63, 3.8) is 0 Å². The van der Waals surface area contributed by atoms with Crippen LogP contribution in [0.1, 0.15) is 0 Å². The zero-order valence-corrected chi connectivity index (χ0v) is 19.3. The highest BCUT2D eigenvalue weighted by Crippen LogP contribution is 2.32. The molecule has 0 saturated carbocycles. The molecule has 0 aliphatic heterocycles. The molecular weight excluding hydrogens is 470 g/mol. The van der Waals surface area contributed by atoms with E-state index in [0.717, 1.165) is 0 Å². The minimum Gasteiger partial charge on any atom is -0.497 e. The second kappa shape index (κ2) is 9.61. The van der Waals surface area contributed by atoms with E-state index in [2.05, 4.69) is 20.0 Å². The minimum atomic E-state index is -3.76. The van der Waals surface area contributed by atoms with Crippen molar-refractivity contribution in [1.29, 1.82) is 0 Å².